The van der Waals surface area contributed by atoms with Crippen LogP contribution in [-0.4, -0.2) is 78.2 Å². The molecule has 2 amide bonds. The van der Waals surface area contributed by atoms with Gasteiger partial charge in [0.25, 0.3) is 0 Å². The van der Waals surface area contributed by atoms with Crippen LogP contribution in [0.2, 0.25) is 0 Å². The van der Waals surface area contributed by atoms with Crippen LogP contribution < -0.4 is 4.74 Å². The lowest BCUT2D eigenvalue weighted by Gasteiger charge is -2.26. The van der Waals surface area contributed by atoms with Crippen molar-refractivity contribution < 1.29 is 27.5 Å². The van der Waals surface area contributed by atoms with E-state index in [1.165, 1.54) is 37.1 Å². The monoisotopic (exact) mass is 439 g/mol. The summed E-state index contributed by atoms with van der Waals surface area (Å²) >= 11 is 0. The van der Waals surface area contributed by atoms with E-state index in [0.717, 1.165) is 32.5 Å². The number of hydrogen-bond acceptors (Lipinski definition) is 4. The Balaban J connectivity index is 1.27. The fourth-order valence-corrected chi connectivity index (χ4v) is 4.45. The van der Waals surface area contributed by atoms with Crippen molar-refractivity contribution in [2.24, 2.45) is 5.92 Å². The van der Waals surface area contributed by atoms with E-state index >= 15 is 0 Å². The quantitative estimate of drug-likeness (QED) is 0.684. The Morgan fingerprint density at radius 2 is 1.74 bits per heavy atom. The van der Waals surface area contributed by atoms with Crippen molar-refractivity contribution in [2.45, 2.75) is 44.5 Å². The first kappa shape index (κ1) is 21.9. The van der Waals surface area contributed by atoms with Crippen LogP contribution >= 0.6 is 0 Å². The summed E-state index contributed by atoms with van der Waals surface area (Å²) in [4.78, 5) is 31.5. The highest BCUT2D eigenvalue weighted by atomic mass is 19.4. The van der Waals surface area contributed by atoms with Crippen molar-refractivity contribution >= 4 is 11.8 Å². The molecule has 1 aromatic rings. The maximum atomic E-state index is 12.8. The molecule has 1 aromatic carbocycles. The smallest absolute Gasteiger partial charge is 0.406 e. The highest BCUT2D eigenvalue weighted by Gasteiger charge is 2.38. The summed E-state index contributed by atoms with van der Waals surface area (Å²) in [7, 11) is 0. The molecule has 0 unspecified atom stereocenters. The predicted molar refractivity (Wildman–Crippen MR) is 107 cm³/mol. The molecule has 1 atom stereocenters. The number of ether oxygens (including phenoxy) is 1. The van der Waals surface area contributed by atoms with Crippen LogP contribution in [0.5, 0.6) is 5.75 Å². The topological polar surface area (TPSA) is 53.1 Å². The third kappa shape index (κ3) is 5.90. The van der Waals surface area contributed by atoms with Gasteiger partial charge in [0.2, 0.25) is 11.8 Å². The summed E-state index contributed by atoms with van der Waals surface area (Å²) in [6, 6.07) is 5.33. The Morgan fingerprint density at radius 1 is 1.00 bits per heavy atom. The minimum Gasteiger partial charge on any atom is -0.406 e. The standard InChI is InChI=1S/C22H28F3N3O3/c23-22(24,25)31-18-6-4-16(5-7-18)14-20(29)27-10-1-9-26(12-13-27)19-8-11-28(21(19)30)15-17-2-3-17/h4-7,17,19H,1-3,8-15H2/t19-/m0/s1. The lowest BCUT2D eigenvalue weighted by Crippen LogP contribution is -2.44. The predicted octanol–water partition coefficient (Wildman–Crippen LogP) is 2.67. The normalized spacial score (nSPS) is 23.2. The number of halogens is 3. The molecule has 2 saturated heterocycles. The largest absolute Gasteiger partial charge is 0.573 e. The van der Waals surface area contributed by atoms with Crippen molar-refractivity contribution in [3.8, 4) is 5.75 Å². The summed E-state index contributed by atoms with van der Waals surface area (Å²) in [5, 5.41) is 0. The van der Waals surface area contributed by atoms with Gasteiger partial charge in [-0.1, -0.05) is 12.1 Å². The fourth-order valence-electron chi connectivity index (χ4n) is 4.45. The van der Waals surface area contributed by atoms with Crippen LogP contribution in [0.4, 0.5) is 13.2 Å². The molecule has 0 N–H and O–H groups in total. The molecule has 170 valence electrons. The first-order chi connectivity index (χ1) is 14.8. The molecule has 6 nitrogen and oxygen atoms in total. The van der Waals surface area contributed by atoms with Crippen molar-refractivity contribution in [3.05, 3.63) is 29.8 Å². The molecule has 0 aromatic heterocycles. The van der Waals surface area contributed by atoms with Crippen LogP contribution in [-0.2, 0) is 16.0 Å². The first-order valence-corrected chi connectivity index (χ1v) is 10.9. The van der Waals surface area contributed by atoms with E-state index in [2.05, 4.69) is 9.64 Å². The zero-order valence-electron chi connectivity index (χ0n) is 17.4. The number of likely N-dealkylation sites (tertiary alicyclic amines) is 1. The average Bonchev–Trinajstić information content (AvgIpc) is 3.49. The van der Waals surface area contributed by atoms with Crippen LogP contribution in [0.1, 0.15) is 31.2 Å². The minimum absolute atomic E-state index is 0.0561. The number of carbonyl (C=O) groups excluding carboxylic acids is 2. The van der Waals surface area contributed by atoms with Crippen LogP contribution in [0.25, 0.3) is 0 Å². The van der Waals surface area contributed by atoms with E-state index in [1.807, 2.05) is 4.90 Å². The van der Waals surface area contributed by atoms with Gasteiger partial charge in [0.15, 0.2) is 0 Å². The summed E-state index contributed by atoms with van der Waals surface area (Å²) < 4.78 is 40.7. The number of amides is 2. The zero-order chi connectivity index (χ0) is 22.0. The van der Waals surface area contributed by atoms with E-state index < -0.39 is 6.36 Å². The summed E-state index contributed by atoms with van der Waals surface area (Å²) in [5.74, 6) is 0.562. The number of rotatable bonds is 6. The first-order valence-electron chi connectivity index (χ1n) is 10.9. The molecule has 1 saturated carbocycles. The molecule has 9 heteroatoms. The molecule has 4 rings (SSSR count). The number of nitrogens with zero attached hydrogens (tertiary/aromatic N) is 3. The fraction of sp³-hybridized carbons (Fsp3) is 0.636. The molecular formula is C22H28F3N3O3. The molecule has 0 bridgehead atoms. The van der Waals surface area contributed by atoms with E-state index in [0.29, 0.717) is 31.1 Å². The molecule has 0 radical (unpaired) electrons. The number of alkyl halides is 3. The average molecular weight is 439 g/mol. The minimum atomic E-state index is -4.73. The Bertz CT molecular complexity index is 795. The van der Waals surface area contributed by atoms with Crippen molar-refractivity contribution in [2.75, 3.05) is 39.3 Å². The molecule has 3 aliphatic rings. The molecule has 0 spiro atoms. The van der Waals surface area contributed by atoms with Gasteiger partial charge in [-0.15, -0.1) is 13.2 Å². The SMILES string of the molecule is O=C(Cc1ccc(OC(F)(F)F)cc1)N1CCCN([C@H]2CCN(CC3CC3)C2=O)CC1. The molecule has 2 aliphatic heterocycles. The Hall–Kier alpha value is -2.29. The van der Waals surface area contributed by atoms with Crippen molar-refractivity contribution in [3.63, 3.8) is 0 Å². The highest BCUT2D eigenvalue weighted by Crippen LogP contribution is 2.32. The third-order valence-corrected chi connectivity index (χ3v) is 6.28. The summed E-state index contributed by atoms with van der Waals surface area (Å²) in [6.07, 6.45) is -0.488. The highest BCUT2D eigenvalue weighted by molar-refractivity contribution is 5.84. The molecular weight excluding hydrogens is 411 g/mol. The maximum absolute atomic E-state index is 12.8. The Morgan fingerprint density at radius 3 is 2.42 bits per heavy atom. The van der Waals surface area contributed by atoms with Crippen LogP contribution in [0, 0.1) is 5.92 Å². The molecule has 31 heavy (non-hydrogen) atoms. The van der Waals surface area contributed by atoms with E-state index in [9.17, 15) is 22.8 Å². The maximum Gasteiger partial charge on any atom is 0.573 e. The van der Waals surface area contributed by atoms with Gasteiger partial charge in [-0.05, 0) is 49.3 Å². The molecule has 2 heterocycles. The summed E-state index contributed by atoms with van der Waals surface area (Å²) in [5.41, 5.74) is 0.641. The van der Waals surface area contributed by atoms with Crippen LogP contribution in [0.15, 0.2) is 24.3 Å². The Kier molecular flexibility index (Phi) is 6.41. The second-order valence-electron chi connectivity index (χ2n) is 8.67. The van der Waals surface area contributed by atoms with E-state index in [1.54, 1.807) is 4.90 Å². The van der Waals surface area contributed by atoms with Gasteiger partial charge < -0.3 is 14.5 Å². The number of carbonyl (C=O) groups is 2. The lowest BCUT2D eigenvalue weighted by molar-refractivity contribution is -0.274. The van der Waals surface area contributed by atoms with Crippen molar-refractivity contribution in [1.82, 2.24) is 14.7 Å². The van der Waals surface area contributed by atoms with Gasteiger partial charge in [0.05, 0.1) is 12.5 Å². The second kappa shape index (κ2) is 9.06. The molecule has 3 fully saturated rings. The van der Waals surface area contributed by atoms with Gasteiger partial charge in [0.1, 0.15) is 5.75 Å². The second-order valence-corrected chi connectivity index (χ2v) is 8.67. The Labute approximate surface area is 179 Å². The number of hydrogen-bond donors (Lipinski definition) is 0. The van der Waals surface area contributed by atoms with Gasteiger partial charge in [-0.25, -0.2) is 0 Å². The zero-order valence-corrected chi connectivity index (χ0v) is 17.4. The van der Waals surface area contributed by atoms with Gasteiger partial charge in [0, 0.05) is 39.3 Å². The van der Waals surface area contributed by atoms with Gasteiger partial charge in [-0.2, -0.15) is 0 Å². The lowest BCUT2D eigenvalue weighted by atomic mass is 10.1. The number of benzene rings is 1. The van der Waals surface area contributed by atoms with Crippen molar-refractivity contribution in [1.29, 1.82) is 0 Å². The van der Waals surface area contributed by atoms with Gasteiger partial charge in [-0.3, -0.25) is 14.5 Å². The van der Waals surface area contributed by atoms with Gasteiger partial charge >= 0.3 is 6.36 Å². The van der Waals surface area contributed by atoms with Crippen LogP contribution in [0.3, 0.4) is 0 Å². The summed E-state index contributed by atoms with van der Waals surface area (Å²) in [6.45, 7) is 4.35. The molecule has 1 aliphatic carbocycles. The third-order valence-electron chi connectivity index (χ3n) is 6.28. The van der Waals surface area contributed by atoms with E-state index in [-0.39, 0.29) is 30.0 Å². The van der Waals surface area contributed by atoms with E-state index in [4.69, 9.17) is 0 Å².